The summed E-state index contributed by atoms with van der Waals surface area (Å²) in [6.07, 6.45) is 1.23. The van der Waals surface area contributed by atoms with Crippen molar-refractivity contribution in [3.05, 3.63) is 44.4 Å². The minimum Gasteiger partial charge on any atom is -0.463 e. The third-order valence-corrected chi connectivity index (χ3v) is 8.48. The number of allylic oxidation sites excluding steroid dienone is 3. The predicted molar refractivity (Wildman–Crippen MR) is 128 cm³/mol. The van der Waals surface area contributed by atoms with Gasteiger partial charge in [-0.05, 0) is 42.7 Å². The fourth-order valence-corrected chi connectivity index (χ4v) is 6.95. The molecule has 170 valence electrons. The summed E-state index contributed by atoms with van der Waals surface area (Å²) in [5, 5.41) is 13.8. The zero-order chi connectivity index (χ0) is 23.0. The van der Waals surface area contributed by atoms with Crippen LogP contribution in [-0.2, 0) is 20.1 Å². The zero-order valence-electron chi connectivity index (χ0n) is 18.5. The number of thiophene rings is 1. The highest BCUT2D eigenvalue weighted by Crippen LogP contribution is 2.48. The number of hydrogen-bond acceptors (Lipinski definition) is 10. The number of anilines is 1. The number of nitrogens with one attached hydrogen (secondary N) is 1. The van der Waals surface area contributed by atoms with Gasteiger partial charge in [0.1, 0.15) is 0 Å². The lowest BCUT2D eigenvalue weighted by atomic mass is 9.70. The zero-order valence-corrected chi connectivity index (χ0v) is 20.9. The molecular formula is C22H26N4O3S3. The summed E-state index contributed by atoms with van der Waals surface area (Å²) in [7, 11) is 0. The molecule has 2 aromatic heterocycles. The van der Waals surface area contributed by atoms with Gasteiger partial charge in [-0.1, -0.05) is 36.9 Å². The van der Waals surface area contributed by atoms with Crippen LogP contribution >= 0.6 is 34.4 Å². The molecule has 0 amide bonds. The number of nitrogens with zero attached hydrogens (tertiary/aromatic N) is 2. The molecule has 0 saturated heterocycles. The van der Waals surface area contributed by atoms with Gasteiger partial charge in [0.05, 0.1) is 18.1 Å². The van der Waals surface area contributed by atoms with Crippen molar-refractivity contribution in [3.63, 3.8) is 0 Å². The van der Waals surface area contributed by atoms with Crippen LogP contribution in [0, 0.1) is 5.41 Å². The van der Waals surface area contributed by atoms with Gasteiger partial charge in [0.2, 0.25) is 5.13 Å². The maximum absolute atomic E-state index is 13.3. The van der Waals surface area contributed by atoms with E-state index in [1.165, 1.54) is 11.3 Å². The number of dihydropyridines is 1. The number of carbonyl (C=O) groups excluding carboxylic acids is 2. The first-order valence-electron chi connectivity index (χ1n) is 10.4. The molecule has 0 spiro atoms. The molecule has 0 fully saturated rings. The highest BCUT2D eigenvalue weighted by molar-refractivity contribution is 8.00. The number of aromatic nitrogens is 2. The number of thioether (sulfide) groups is 1. The molecule has 0 unspecified atom stereocenters. The molecule has 32 heavy (non-hydrogen) atoms. The highest BCUT2D eigenvalue weighted by atomic mass is 32.2. The Morgan fingerprint density at radius 3 is 2.84 bits per heavy atom. The number of Topliss-reactive ketones (excluding diaryl/α,β-unsaturated/α-hetero) is 1. The van der Waals surface area contributed by atoms with E-state index in [9.17, 15) is 9.59 Å². The Bertz CT molecular complexity index is 1130. The van der Waals surface area contributed by atoms with Crippen molar-refractivity contribution in [2.24, 2.45) is 5.41 Å². The van der Waals surface area contributed by atoms with Gasteiger partial charge in [0, 0.05) is 34.0 Å². The van der Waals surface area contributed by atoms with E-state index in [4.69, 9.17) is 10.5 Å². The van der Waals surface area contributed by atoms with Crippen molar-refractivity contribution in [1.82, 2.24) is 15.5 Å². The Balaban J connectivity index is 1.69. The number of ketones is 1. The summed E-state index contributed by atoms with van der Waals surface area (Å²) < 4.78 is 6.19. The van der Waals surface area contributed by atoms with Crippen LogP contribution in [0.25, 0.3) is 0 Å². The lowest BCUT2D eigenvalue weighted by Crippen LogP contribution is -2.38. The van der Waals surface area contributed by atoms with Crippen molar-refractivity contribution in [3.8, 4) is 0 Å². The second kappa shape index (κ2) is 8.99. The van der Waals surface area contributed by atoms with Crippen molar-refractivity contribution in [1.29, 1.82) is 0 Å². The van der Waals surface area contributed by atoms with E-state index in [0.717, 1.165) is 32.6 Å². The normalized spacial score (nSPS) is 20.2. The van der Waals surface area contributed by atoms with Gasteiger partial charge in [0.15, 0.2) is 10.1 Å². The summed E-state index contributed by atoms with van der Waals surface area (Å²) >= 11 is 4.50. The molecule has 0 radical (unpaired) electrons. The maximum Gasteiger partial charge on any atom is 0.336 e. The first kappa shape index (κ1) is 23.0. The average molecular weight is 491 g/mol. The summed E-state index contributed by atoms with van der Waals surface area (Å²) in [6.45, 7) is 8.17. The van der Waals surface area contributed by atoms with Gasteiger partial charge in [-0.3, -0.25) is 4.79 Å². The van der Waals surface area contributed by atoms with Crippen molar-refractivity contribution in [2.45, 2.75) is 56.5 Å². The van der Waals surface area contributed by atoms with Crippen LogP contribution in [-0.4, -0.2) is 28.6 Å². The van der Waals surface area contributed by atoms with Gasteiger partial charge >= 0.3 is 5.97 Å². The molecule has 7 nitrogen and oxygen atoms in total. The predicted octanol–water partition coefficient (Wildman–Crippen LogP) is 4.64. The van der Waals surface area contributed by atoms with E-state index in [-0.39, 0.29) is 23.8 Å². The number of ether oxygens (including phenoxy) is 1. The van der Waals surface area contributed by atoms with Crippen LogP contribution in [0.2, 0.25) is 0 Å². The van der Waals surface area contributed by atoms with E-state index in [1.54, 1.807) is 30.0 Å². The summed E-state index contributed by atoms with van der Waals surface area (Å²) in [4.78, 5) is 27.2. The van der Waals surface area contributed by atoms with E-state index < -0.39 is 5.92 Å². The summed E-state index contributed by atoms with van der Waals surface area (Å²) in [6, 6.07) is 2.09. The third-order valence-electron chi connectivity index (χ3n) is 5.48. The molecule has 3 N–H and O–H groups in total. The maximum atomic E-state index is 13.3. The fourth-order valence-electron chi connectivity index (χ4n) is 4.25. The number of rotatable bonds is 6. The molecule has 2 aliphatic rings. The van der Waals surface area contributed by atoms with Crippen LogP contribution in [0.4, 0.5) is 5.13 Å². The minimum absolute atomic E-state index is 0.0942. The van der Waals surface area contributed by atoms with Gasteiger partial charge in [-0.15, -0.1) is 21.5 Å². The second-order valence-electron chi connectivity index (χ2n) is 8.70. The molecule has 3 heterocycles. The summed E-state index contributed by atoms with van der Waals surface area (Å²) in [5.74, 6) is 0.0207. The number of hydrogen-bond donors (Lipinski definition) is 2. The molecule has 2 aromatic rings. The quantitative estimate of drug-likeness (QED) is 0.445. The van der Waals surface area contributed by atoms with Crippen LogP contribution in [0.3, 0.4) is 0 Å². The highest BCUT2D eigenvalue weighted by Gasteiger charge is 2.43. The van der Waals surface area contributed by atoms with Crippen LogP contribution in [0.15, 0.2) is 38.3 Å². The standard InChI is InChI=1S/C22H26N4O3S3/c1-5-29-19(28)16-11(2)24-13-7-22(3,4)8-14(27)17(13)18(16)15-6-12(9-30-15)10-31-21-26-25-20(23)32-21/h6,9,18,24H,5,7-8,10H2,1-4H3,(H2,23,25)/t18-/m0/s1. The van der Waals surface area contributed by atoms with E-state index in [1.807, 2.05) is 6.92 Å². The second-order valence-corrected chi connectivity index (χ2v) is 11.9. The Hall–Kier alpha value is -2.17. The average Bonchev–Trinajstić information content (AvgIpc) is 3.33. The SMILES string of the molecule is CCOC(=O)C1=C(C)NC2=C(C(=O)CC(C)(C)C2)[C@H]1c1cc(CSc2nnc(N)s2)cs1. The Kier molecular flexibility index (Phi) is 6.46. The molecule has 0 bridgehead atoms. The Labute approximate surface area is 199 Å². The van der Waals surface area contributed by atoms with Crippen molar-refractivity contribution < 1.29 is 14.3 Å². The molecule has 1 aliphatic heterocycles. The van der Waals surface area contributed by atoms with Gasteiger partial charge in [-0.25, -0.2) is 4.79 Å². The Morgan fingerprint density at radius 1 is 1.38 bits per heavy atom. The number of nitrogen functional groups attached to an aromatic ring is 1. The van der Waals surface area contributed by atoms with E-state index in [2.05, 4.69) is 40.8 Å². The lowest BCUT2D eigenvalue weighted by Gasteiger charge is -2.39. The van der Waals surface area contributed by atoms with E-state index >= 15 is 0 Å². The molecule has 0 aromatic carbocycles. The van der Waals surface area contributed by atoms with Gasteiger partial charge in [0.25, 0.3) is 0 Å². The van der Waals surface area contributed by atoms with Crippen molar-refractivity contribution in [2.75, 3.05) is 12.3 Å². The number of esters is 1. The molecule has 0 saturated carbocycles. The molecule has 10 heteroatoms. The van der Waals surface area contributed by atoms with Crippen LogP contribution in [0.1, 0.15) is 56.9 Å². The number of carbonyl (C=O) groups is 2. The minimum atomic E-state index is -0.408. The number of nitrogens with two attached hydrogens (primary N) is 1. The smallest absolute Gasteiger partial charge is 0.336 e. The topological polar surface area (TPSA) is 107 Å². The lowest BCUT2D eigenvalue weighted by molar-refractivity contribution is -0.138. The molecule has 4 rings (SSSR count). The van der Waals surface area contributed by atoms with Crippen molar-refractivity contribution >= 4 is 51.3 Å². The molecule has 1 atom stereocenters. The van der Waals surface area contributed by atoms with Crippen LogP contribution < -0.4 is 11.1 Å². The summed E-state index contributed by atoms with van der Waals surface area (Å²) in [5.41, 5.74) is 9.57. The molecule has 1 aliphatic carbocycles. The third kappa shape index (κ3) is 4.62. The first-order chi connectivity index (χ1) is 15.2. The molecular weight excluding hydrogens is 464 g/mol. The van der Waals surface area contributed by atoms with Gasteiger partial charge < -0.3 is 15.8 Å². The van der Waals surface area contributed by atoms with Crippen LogP contribution in [0.5, 0.6) is 0 Å². The van der Waals surface area contributed by atoms with Gasteiger partial charge in [-0.2, -0.15) is 0 Å². The van der Waals surface area contributed by atoms with E-state index in [0.29, 0.717) is 28.5 Å². The monoisotopic (exact) mass is 490 g/mol. The largest absolute Gasteiger partial charge is 0.463 e. The first-order valence-corrected chi connectivity index (χ1v) is 13.1. The fraction of sp³-hybridized carbons (Fsp3) is 0.455. The Morgan fingerprint density at radius 2 is 2.16 bits per heavy atom.